The molecule has 0 aliphatic carbocycles. The molecule has 0 spiro atoms. The summed E-state index contributed by atoms with van der Waals surface area (Å²) in [6, 6.07) is 7.35. The van der Waals surface area contributed by atoms with Gasteiger partial charge in [-0.3, -0.25) is 4.79 Å². The molecule has 0 radical (unpaired) electrons. The van der Waals surface area contributed by atoms with E-state index in [-0.39, 0.29) is 5.91 Å². The van der Waals surface area contributed by atoms with E-state index in [1.54, 1.807) is 19.1 Å². The lowest BCUT2D eigenvalue weighted by atomic mass is 10.3. The Bertz CT molecular complexity index is 292. The molecule has 3 nitrogen and oxygen atoms in total. The molecule has 1 aromatic carbocycles. The molecule has 13 heavy (non-hydrogen) atoms. The maximum atomic E-state index is 11.0. The molecule has 0 saturated heterocycles. The summed E-state index contributed by atoms with van der Waals surface area (Å²) in [4.78, 5) is 12.6. The average Bonchev–Trinajstić information content (AvgIpc) is 2.17. The summed E-state index contributed by atoms with van der Waals surface area (Å²) in [6.45, 7) is 1.53. The fraction of sp³-hybridized carbons (Fsp3) is 0.300. The molecule has 0 bridgehead atoms. The smallest absolute Gasteiger partial charge is 0.223 e. The summed E-state index contributed by atoms with van der Waals surface area (Å²) in [5, 5.41) is 0. The first-order valence-electron chi connectivity index (χ1n) is 4.03. The zero-order chi connectivity index (χ0) is 9.84. The number of rotatable bonds is 2. The molecule has 70 valence electrons. The third-order valence-corrected chi connectivity index (χ3v) is 1.93. The van der Waals surface area contributed by atoms with Crippen LogP contribution in [0.2, 0.25) is 0 Å². The minimum absolute atomic E-state index is 0.0187. The van der Waals surface area contributed by atoms with Gasteiger partial charge >= 0.3 is 0 Å². The Hall–Kier alpha value is -1.51. The van der Waals surface area contributed by atoms with Crippen LogP contribution in [0.3, 0.4) is 0 Å². The summed E-state index contributed by atoms with van der Waals surface area (Å²) in [6.07, 6.45) is 0. The van der Waals surface area contributed by atoms with Gasteiger partial charge in [-0.1, -0.05) is 0 Å². The van der Waals surface area contributed by atoms with Crippen LogP contribution in [-0.4, -0.2) is 20.1 Å². The summed E-state index contributed by atoms with van der Waals surface area (Å²) < 4.78 is 5.01. The number of benzene rings is 1. The zero-order valence-corrected chi connectivity index (χ0v) is 8.07. The lowest BCUT2D eigenvalue weighted by molar-refractivity contribution is -0.116. The Kier molecular flexibility index (Phi) is 2.90. The van der Waals surface area contributed by atoms with E-state index >= 15 is 0 Å². The lowest BCUT2D eigenvalue weighted by Gasteiger charge is -2.14. The summed E-state index contributed by atoms with van der Waals surface area (Å²) >= 11 is 0. The first kappa shape index (κ1) is 9.58. The second-order valence-electron chi connectivity index (χ2n) is 2.78. The van der Waals surface area contributed by atoms with Crippen LogP contribution in [0.4, 0.5) is 5.69 Å². The molecule has 1 aromatic rings. The molecule has 0 N–H and O–H groups in total. The van der Waals surface area contributed by atoms with Crippen molar-refractivity contribution in [1.82, 2.24) is 0 Å². The number of carbonyl (C=O) groups excluding carboxylic acids is 1. The van der Waals surface area contributed by atoms with Gasteiger partial charge in [0.05, 0.1) is 7.11 Å². The number of hydrogen-bond acceptors (Lipinski definition) is 2. The number of ether oxygens (including phenoxy) is 1. The van der Waals surface area contributed by atoms with E-state index in [0.29, 0.717) is 0 Å². The van der Waals surface area contributed by atoms with Gasteiger partial charge < -0.3 is 9.64 Å². The maximum absolute atomic E-state index is 11.0. The van der Waals surface area contributed by atoms with Crippen molar-refractivity contribution in [3.8, 4) is 5.75 Å². The fourth-order valence-electron chi connectivity index (χ4n) is 0.988. The third kappa shape index (κ3) is 2.21. The van der Waals surface area contributed by atoms with Crippen LogP contribution in [0.25, 0.3) is 0 Å². The Morgan fingerprint density at radius 1 is 1.31 bits per heavy atom. The number of nitrogens with zero attached hydrogens (tertiary/aromatic N) is 1. The SMILES string of the molecule is COc1ccc(N(C)C(C)=O)cc1. The average molecular weight is 179 g/mol. The standard InChI is InChI=1S/C10H13NO2/c1-8(12)11(2)9-4-6-10(13-3)7-5-9/h4-7H,1-3H3. The van der Waals surface area contributed by atoms with Crippen LogP contribution >= 0.6 is 0 Å². The molecule has 1 rings (SSSR count). The van der Waals surface area contributed by atoms with Gasteiger partial charge in [0.25, 0.3) is 0 Å². The van der Waals surface area contributed by atoms with Crippen molar-refractivity contribution < 1.29 is 9.53 Å². The van der Waals surface area contributed by atoms with Crippen LogP contribution in [0.15, 0.2) is 24.3 Å². The number of anilines is 1. The van der Waals surface area contributed by atoms with E-state index < -0.39 is 0 Å². The van der Waals surface area contributed by atoms with E-state index in [9.17, 15) is 4.79 Å². The predicted octanol–water partition coefficient (Wildman–Crippen LogP) is 1.68. The number of hydrogen-bond donors (Lipinski definition) is 0. The van der Waals surface area contributed by atoms with Crippen molar-refractivity contribution in [2.24, 2.45) is 0 Å². The van der Waals surface area contributed by atoms with Crippen molar-refractivity contribution in [3.05, 3.63) is 24.3 Å². The predicted molar refractivity (Wildman–Crippen MR) is 52.1 cm³/mol. The Balaban J connectivity index is 2.85. The molecule has 0 saturated carbocycles. The first-order chi connectivity index (χ1) is 6.15. The molecule has 0 aliphatic rings. The van der Waals surface area contributed by atoms with Crippen molar-refractivity contribution >= 4 is 11.6 Å². The van der Waals surface area contributed by atoms with Gasteiger partial charge in [0.2, 0.25) is 5.91 Å². The van der Waals surface area contributed by atoms with E-state index in [2.05, 4.69) is 0 Å². The van der Waals surface area contributed by atoms with Crippen LogP contribution in [0.5, 0.6) is 5.75 Å². The number of carbonyl (C=O) groups is 1. The first-order valence-corrected chi connectivity index (χ1v) is 4.03. The molecule has 0 unspecified atom stereocenters. The summed E-state index contributed by atoms with van der Waals surface area (Å²) in [5.74, 6) is 0.811. The van der Waals surface area contributed by atoms with Gasteiger partial charge in [0.15, 0.2) is 0 Å². The Morgan fingerprint density at radius 2 is 1.85 bits per heavy atom. The van der Waals surface area contributed by atoms with E-state index in [1.807, 2.05) is 24.3 Å². The van der Waals surface area contributed by atoms with E-state index in [1.165, 1.54) is 6.92 Å². The molecule has 0 aromatic heterocycles. The zero-order valence-electron chi connectivity index (χ0n) is 8.07. The molecule has 0 fully saturated rings. The lowest BCUT2D eigenvalue weighted by Crippen LogP contribution is -2.22. The summed E-state index contributed by atoms with van der Waals surface area (Å²) in [5.41, 5.74) is 0.869. The van der Waals surface area contributed by atoms with Crippen LogP contribution in [-0.2, 0) is 4.79 Å². The molecule has 0 aliphatic heterocycles. The van der Waals surface area contributed by atoms with E-state index in [4.69, 9.17) is 4.74 Å². The van der Waals surface area contributed by atoms with Gasteiger partial charge in [-0.05, 0) is 24.3 Å². The Labute approximate surface area is 77.9 Å². The van der Waals surface area contributed by atoms with Crippen molar-refractivity contribution in [2.45, 2.75) is 6.92 Å². The van der Waals surface area contributed by atoms with Gasteiger partial charge in [-0.15, -0.1) is 0 Å². The molecular weight excluding hydrogens is 166 g/mol. The summed E-state index contributed by atoms with van der Waals surface area (Å²) in [7, 11) is 3.35. The molecule has 3 heteroatoms. The second kappa shape index (κ2) is 3.94. The van der Waals surface area contributed by atoms with Crippen LogP contribution in [0, 0.1) is 0 Å². The quantitative estimate of drug-likeness (QED) is 0.691. The highest BCUT2D eigenvalue weighted by atomic mass is 16.5. The topological polar surface area (TPSA) is 29.5 Å². The van der Waals surface area contributed by atoms with Crippen molar-refractivity contribution in [2.75, 3.05) is 19.1 Å². The highest BCUT2D eigenvalue weighted by Crippen LogP contribution is 2.17. The van der Waals surface area contributed by atoms with Gasteiger partial charge in [0, 0.05) is 19.7 Å². The number of amides is 1. The largest absolute Gasteiger partial charge is 0.497 e. The van der Waals surface area contributed by atoms with Crippen LogP contribution in [0.1, 0.15) is 6.92 Å². The third-order valence-electron chi connectivity index (χ3n) is 1.93. The maximum Gasteiger partial charge on any atom is 0.223 e. The van der Waals surface area contributed by atoms with E-state index in [0.717, 1.165) is 11.4 Å². The molecular formula is C10H13NO2. The normalized spacial score (nSPS) is 9.46. The minimum atomic E-state index is 0.0187. The molecule has 0 heterocycles. The highest BCUT2D eigenvalue weighted by molar-refractivity contribution is 5.90. The number of methoxy groups -OCH3 is 1. The molecule has 1 amide bonds. The van der Waals surface area contributed by atoms with Crippen molar-refractivity contribution in [3.63, 3.8) is 0 Å². The van der Waals surface area contributed by atoms with Gasteiger partial charge in [0.1, 0.15) is 5.75 Å². The fourth-order valence-corrected chi connectivity index (χ4v) is 0.988. The Morgan fingerprint density at radius 3 is 2.23 bits per heavy atom. The highest BCUT2D eigenvalue weighted by Gasteiger charge is 2.04. The van der Waals surface area contributed by atoms with Crippen LogP contribution < -0.4 is 9.64 Å². The molecule has 0 atom stereocenters. The minimum Gasteiger partial charge on any atom is -0.497 e. The monoisotopic (exact) mass is 179 g/mol. The van der Waals surface area contributed by atoms with Gasteiger partial charge in [-0.25, -0.2) is 0 Å². The van der Waals surface area contributed by atoms with Gasteiger partial charge in [-0.2, -0.15) is 0 Å². The second-order valence-corrected chi connectivity index (χ2v) is 2.78. The van der Waals surface area contributed by atoms with Crippen molar-refractivity contribution in [1.29, 1.82) is 0 Å².